The van der Waals surface area contributed by atoms with Gasteiger partial charge in [-0.15, -0.1) is 11.6 Å². The van der Waals surface area contributed by atoms with Crippen molar-refractivity contribution >= 4 is 52.0 Å². The molecule has 0 saturated heterocycles. The Hall–Kier alpha value is -3.10. The average Bonchev–Trinajstić information content (AvgIpc) is 3.12. The molecule has 0 aliphatic rings. The predicted octanol–water partition coefficient (Wildman–Crippen LogP) is 3.97. The van der Waals surface area contributed by atoms with Gasteiger partial charge in [-0.25, -0.2) is 4.79 Å². The molecule has 0 aliphatic heterocycles. The highest BCUT2D eigenvalue weighted by Gasteiger charge is 2.26. The molecule has 8 nitrogen and oxygen atoms in total. The minimum absolute atomic E-state index is 0.0263. The Morgan fingerprint density at radius 3 is 2.42 bits per heavy atom. The van der Waals surface area contributed by atoms with Gasteiger partial charge in [0, 0.05) is 12.4 Å². The van der Waals surface area contributed by atoms with Crippen molar-refractivity contribution in [1.82, 2.24) is 15.1 Å². The van der Waals surface area contributed by atoms with E-state index in [9.17, 15) is 14.4 Å². The lowest BCUT2D eigenvalue weighted by Gasteiger charge is -2.25. The molecule has 1 aromatic heterocycles. The molecule has 10 heteroatoms. The molecule has 0 fully saturated rings. The number of nitrogens with one attached hydrogen (secondary N) is 1. The fraction of sp³-hybridized carbons (Fsp3) is 0.304. The third kappa shape index (κ3) is 5.46. The summed E-state index contributed by atoms with van der Waals surface area (Å²) < 4.78 is 11.4. The number of benzene rings is 2. The number of ether oxygens (including phenoxy) is 2. The predicted molar refractivity (Wildman–Crippen MR) is 126 cm³/mol. The smallest absolute Gasteiger partial charge is 0.339 e. The average molecular weight is 492 g/mol. The molecule has 0 unspecified atom stereocenters. The number of esters is 2. The molecular weight excluding hydrogens is 469 g/mol. The number of carbonyl (C=O) groups is 3. The summed E-state index contributed by atoms with van der Waals surface area (Å²) in [6.45, 7) is 3.44. The maximum atomic E-state index is 12.9. The van der Waals surface area contributed by atoms with Crippen LogP contribution in [0.4, 0.5) is 0 Å². The van der Waals surface area contributed by atoms with Gasteiger partial charge in [0.2, 0.25) is 0 Å². The first-order valence-electron chi connectivity index (χ1n) is 9.95. The lowest BCUT2D eigenvalue weighted by atomic mass is 10.0. The van der Waals surface area contributed by atoms with Gasteiger partial charge in [0.25, 0.3) is 5.91 Å². The molecule has 1 heterocycles. The minimum atomic E-state index is -0.819. The highest BCUT2D eigenvalue weighted by molar-refractivity contribution is 6.33. The normalized spacial score (nSPS) is 11.3. The van der Waals surface area contributed by atoms with E-state index in [0.29, 0.717) is 5.39 Å². The van der Waals surface area contributed by atoms with E-state index < -0.39 is 23.4 Å². The topological polar surface area (TPSA) is 99.5 Å². The first-order chi connectivity index (χ1) is 15.6. The van der Waals surface area contributed by atoms with Crippen molar-refractivity contribution in [1.29, 1.82) is 0 Å². The molecule has 0 atom stereocenters. The summed E-state index contributed by atoms with van der Waals surface area (Å²) in [5.74, 6) is -1.72. The fourth-order valence-corrected chi connectivity index (χ4v) is 3.61. The van der Waals surface area contributed by atoms with Crippen LogP contribution >= 0.6 is 23.2 Å². The van der Waals surface area contributed by atoms with E-state index in [1.54, 1.807) is 49.8 Å². The molecule has 0 aliphatic carbocycles. The van der Waals surface area contributed by atoms with Crippen LogP contribution < -0.4 is 5.32 Å². The number of rotatable bonds is 7. The van der Waals surface area contributed by atoms with Crippen LogP contribution in [-0.2, 0) is 21.3 Å². The van der Waals surface area contributed by atoms with E-state index in [0.717, 1.165) is 16.6 Å². The minimum Gasteiger partial charge on any atom is -0.465 e. The number of methoxy groups -OCH3 is 1. The number of aryl methyl sites for hydroxylation is 1. The molecule has 174 valence electrons. The Balaban J connectivity index is 1.88. The Morgan fingerprint density at radius 1 is 1.12 bits per heavy atom. The van der Waals surface area contributed by atoms with Crippen LogP contribution in [0.2, 0.25) is 5.02 Å². The van der Waals surface area contributed by atoms with Crippen LogP contribution in [0.15, 0.2) is 36.4 Å². The summed E-state index contributed by atoms with van der Waals surface area (Å²) in [7, 11) is 3.04. The first-order valence-corrected chi connectivity index (χ1v) is 10.9. The van der Waals surface area contributed by atoms with Crippen molar-refractivity contribution in [2.75, 3.05) is 19.6 Å². The number of aromatic nitrogens is 2. The number of nitrogens with zero attached hydrogens (tertiary/aromatic N) is 2. The van der Waals surface area contributed by atoms with Gasteiger partial charge in [-0.05, 0) is 49.2 Å². The van der Waals surface area contributed by atoms with Gasteiger partial charge >= 0.3 is 11.9 Å². The third-order valence-corrected chi connectivity index (χ3v) is 5.46. The van der Waals surface area contributed by atoms with Gasteiger partial charge in [0.1, 0.15) is 12.5 Å². The molecule has 3 aromatic rings. The van der Waals surface area contributed by atoms with E-state index in [1.165, 1.54) is 7.11 Å². The zero-order valence-electron chi connectivity index (χ0n) is 18.6. The van der Waals surface area contributed by atoms with Crippen molar-refractivity contribution in [2.45, 2.75) is 19.4 Å². The second kappa shape index (κ2) is 9.80. The van der Waals surface area contributed by atoms with Crippen LogP contribution in [0, 0.1) is 0 Å². The standard InChI is InChI=1S/C23H23Cl2N3O5/c1-23(2,12-33-19(29)11-24)26-21(30)20-16-8-6-14(10-18(16)28(3)27-20)13-5-7-15(17(25)9-13)22(31)32-4/h5-10H,11-12H2,1-4H3,(H,26,30). The lowest BCUT2D eigenvalue weighted by Crippen LogP contribution is -2.47. The number of alkyl halides is 1. The van der Waals surface area contributed by atoms with Crippen LogP contribution in [0.1, 0.15) is 34.7 Å². The molecule has 0 radical (unpaired) electrons. The van der Waals surface area contributed by atoms with Crippen LogP contribution in [-0.4, -0.2) is 52.8 Å². The van der Waals surface area contributed by atoms with Crippen molar-refractivity contribution < 1.29 is 23.9 Å². The number of hydrogen-bond donors (Lipinski definition) is 1. The summed E-state index contributed by atoms with van der Waals surface area (Å²) in [6.07, 6.45) is 0. The van der Waals surface area contributed by atoms with Crippen molar-refractivity contribution in [3.8, 4) is 11.1 Å². The molecule has 3 rings (SSSR count). The van der Waals surface area contributed by atoms with Gasteiger partial charge in [-0.1, -0.05) is 23.7 Å². The quantitative estimate of drug-likeness (QED) is 0.396. The highest BCUT2D eigenvalue weighted by Crippen LogP contribution is 2.29. The van der Waals surface area contributed by atoms with E-state index in [-0.39, 0.29) is 28.8 Å². The van der Waals surface area contributed by atoms with Crippen LogP contribution in [0.25, 0.3) is 22.0 Å². The number of hydrogen-bond acceptors (Lipinski definition) is 6. The molecular formula is C23H23Cl2N3O5. The van der Waals surface area contributed by atoms with Crippen LogP contribution in [0.3, 0.4) is 0 Å². The molecule has 0 spiro atoms. The van der Waals surface area contributed by atoms with E-state index in [4.69, 9.17) is 32.7 Å². The van der Waals surface area contributed by atoms with Gasteiger partial charge in [0.05, 0.1) is 28.8 Å². The van der Waals surface area contributed by atoms with E-state index >= 15 is 0 Å². The molecule has 33 heavy (non-hydrogen) atoms. The maximum absolute atomic E-state index is 12.9. The summed E-state index contributed by atoms with van der Waals surface area (Å²) in [5.41, 5.74) is 2.07. The molecule has 1 N–H and O–H groups in total. The third-order valence-electron chi connectivity index (χ3n) is 4.93. The lowest BCUT2D eigenvalue weighted by molar-refractivity contribution is -0.142. The Morgan fingerprint density at radius 2 is 1.79 bits per heavy atom. The second-order valence-corrected chi connectivity index (χ2v) is 8.70. The van der Waals surface area contributed by atoms with Crippen molar-refractivity contribution in [3.05, 3.63) is 52.7 Å². The summed E-state index contributed by atoms with van der Waals surface area (Å²) in [6, 6.07) is 10.6. The van der Waals surface area contributed by atoms with E-state index in [2.05, 4.69) is 10.4 Å². The number of fused-ring (bicyclic) bond motifs is 1. The SMILES string of the molecule is COC(=O)c1ccc(-c2ccc3c(C(=O)NC(C)(C)COC(=O)CCl)nn(C)c3c2)cc1Cl. The molecule has 1 amide bonds. The number of halogens is 2. The number of amides is 1. The monoisotopic (exact) mass is 491 g/mol. The van der Waals surface area contributed by atoms with Gasteiger partial charge in [0.15, 0.2) is 5.69 Å². The van der Waals surface area contributed by atoms with E-state index in [1.807, 2.05) is 12.1 Å². The molecule has 2 aromatic carbocycles. The summed E-state index contributed by atoms with van der Waals surface area (Å²) >= 11 is 11.7. The van der Waals surface area contributed by atoms with Gasteiger partial charge < -0.3 is 14.8 Å². The first kappa shape index (κ1) is 24.5. The van der Waals surface area contributed by atoms with Crippen molar-refractivity contribution in [3.63, 3.8) is 0 Å². The van der Waals surface area contributed by atoms with Gasteiger partial charge in [-0.2, -0.15) is 5.10 Å². The zero-order valence-corrected chi connectivity index (χ0v) is 20.1. The Kier molecular flexibility index (Phi) is 7.29. The summed E-state index contributed by atoms with van der Waals surface area (Å²) in [4.78, 5) is 36.0. The second-order valence-electron chi connectivity index (χ2n) is 8.02. The fourth-order valence-electron chi connectivity index (χ4n) is 3.28. The Labute approximate surface area is 200 Å². The zero-order chi connectivity index (χ0) is 24.3. The van der Waals surface area contributed by atoms with Crippen LogP contribution in [0.5, 0.6) is 0 Å². The highest BCUT2D eigenvalue weighted by atomic mass is 35.5. The van der Waals surface area contributed by atoms with Crippen molar-refractivity contribution in [2.24, 2.45) is 7.05 Å². The molecule has 0 bridgehead atoms. The Bertz CT molecular complexity index is 1240. The number of carbonyl (C=O) groups excluding carboxylic acids is 3. The summed E-state index contributed by atoms with van der Waals surface area (Å²) in [5, 5.41) is 8.15. The van der Waals surface area contributed by atoms with Gasteiger partial charge in [-0.3, -0.25) is 14.3 Å². The maximum Gasteiger partial charge on any atom is 0.339 e. The molecule has 0 saturated carbocycles. The largest absolute Gasteiger partial charge is 0.465 e.